The Hall–Kier alpha value is -3.61. The van der Waals surface area contributed by atoms with Crippen LogP contribution in [0.25, 0.3) is 6.08 Å². The number of carbonyl (C=O) groups is 3. The number of anilines is 1. The van der Waals surface area contributed by atoms with E-state index in [1.807, 2.05) is 38.1 Å². The Kier molecular flexibility index (Phi) is 5.74. The number of nitrogens with one attached hydrogen (secondary N) is 2. The first-order chi connectivity index (χ1) is 13.5. The third kappa shape index (κ3) is 4.37. The van der Waals surface area contributed by atoms with Crippen molar-refractivity contribution in [1.82, 2.24) is 10.2 Å². The molecule has 2 N–H and O–H groups in total. The third-order valence-electron chi connectivity index (χ3n) is 4.12. The summed E-state index contributed by atoms with van der Waals surface area (Å²) in [5.41, 5.74) is 2.43. The van der Waals surface area contributed by atoms with E-state index in [2.05, 4.69) is 10.6 Å². The largest absolute Gasteiger partial charge is 0.493 e. The van der Waals surface area contributed by atoms with Crippen LogP contribution < -0.4 is 15.4 Å². The van der Waals surface area contributed by atoms with Gasteiger partial charge in [0.25, 0.3) is 5.91 Å². The molecule has 0 radical (unpaired) electrons. The van der Waals surface area contributed by atoms with E-state index < -0.39 is 17.8 Å². The van der Waals surface area contributed by atoms with E-state index in [1.165, 1.54) is 0 Å². The maximum absolute atomic E-state index is 12.6. The molecule has 1 saturated heterocycles. The van der Waals surface area contributed by atoms with Gasteiger partial charge in [0.1, 0.15) is 18.0 Å². The molecule has 28 heavy (non-hydrogen) atoms. The molecule has 1 aliphatic rings. The van der Waals surface area contributed by atoms with Gasteiger partial charge in [-0.25, -0.2) is 9.69 Å². The van der Waals surface area contributed by atoms with Crippen LogP contribution in [0.2, 0.25) is 0 Å². The second kappa shape index (κ2) is 8.39. The standard InChI is InChI=1S/C21H21N3O4/c1-3-28-18-7-5-4-6-15(18)12-17-20(26)24(21(27)23-17)13-19(25)22-16-10-8-14(2)9-11-16/h4-12H,3,13H2,1-2H3,(H,22,25)(H,23,27)/b17-12+. The van der Waals surface area contributed by atoms with Crippen LogP contribution in [0.5, 0.6) is 5.75 Å². The van der Waals surface area contributed by atoms with Crippen LogP contribution >= 0.6 is 0 Å². The summed E-state index contributed by atoms with van der Waals surface area (Å²) in [5.74, 6) is -0.409. The predicted molar refractivity (Wildman–Crippen MR) is 106 cm³/mol. The Morgan fingerprint density at radius 2 is 1.86 bits per heavy atom. The topological polar surface area (TPSA) is 87.7 Å². The van der Waals surface area contributed by atoms with Crippen molar-refractivity contribution in [3.63, 3.8) is 0 Å². The number of amides is 4. The molecule has 0 unspecified atom stereocenters. The highest BCUT2D eigenvalue weighted by Gasteiger charge is 2.35. The fourth-order valence-electron chi connectivity index (χ4n) is 2.74. The van der Waals surface area contributed by atoms with Crippen molar-refractivity contribution in [2.45, 2.75) is 13.8 Å². The van der Waals surface area contributed by atoms with Gasteiger partial charge in [0.2, 0.25) is 5.91 Å². The zero-order valence-corrected chi connectivity index (χ0v) is 15.7. The quantitative estimate of drug-likeness (QED) is 0.597. The van der Waals surface area contributed by atoms with Crippen molar-refractivity contribution < 1.29 is 19.1 Å². The fraction of sp³-hybridized carbons (Fsp3) is 0.190. The lowest BCUT2D eigenvalue weighted by Crippen LogP contribution is -2.38. The lowest BCUT2D eigenvalue weighted by atomic mass is 10.1. The first-order valence-corrected chi connectivity index (χ1v) is 8.91. The summed E-state index contributed by atoms with van der Waals surface area (Å²) < 4.78 is 5.53. The van der Waals surface area contributed by atoms with Crippen molar-refractivity contribution in [2.24, 2.45) is 0 Å². The molecule has 0 spiro atoms. The molecule has 7 heteroatoms. The van der Waals surface area contributed by atoms with Gasteiger partial charge in [-0.3, -0.25) is 9.59 Å². The van der Waals surface area contributed by atoms with Crippen LogP contribution in [0.1, 0.15) is 18.1 Å². The molecule has 1 heterocycles. The van der Waals surface area contributed by atoms with Crippen molar-refractivity contribution in [2.75, 3.05) is 18.5 Å². The molecule has 1 aliphatic heterocycles. The van der Waals surface area contributed by atoms with Crippen LogP contribution in [-0.4, -0.2) is 35.9 Å². The van der Waals surface area contributed by atoms with Crippen molar-refractivity contribution in [1.29, 1.82) is 0 Å². The summed E-state index contributed by atoms with van der Waals surface area (Å²) in [6.07, 6.45) is 1.54. The molecule has 2 aromatic rings. The van der Waals surface area contributed by atoms with E-state index in [-0.39, 0.29) is 12.2 Å². The molecule has 0 saturated carbocycles. The summed E-state index contributed by atoms with van der Waals surface area (Å²) in [6.45, 7) is 3.91. The van der Waals surface area contributed by atoms with Crippen LogP contribution in [0.3, 0.4) is 0 Å². The zero-order valence-electron chi connectivity index (χ0n) is 15.7. The molecule has 144 valence electrons. The highest BCUT2D eigenvalue weighted by Crippen LogP contribution is 2.22. The SMILES string of the molecule is CCOc1ccccc1/C=C1/NC(=O)N(CC(=O)Nc2ccc(C)cc2)C1=O. The van der Waals surface area contributed by atoms with Gasteiger partial charge >= 0.3 is 6.03 Å². The minimum Gasteiger partial charge on any atom is -0.493 e. The summed E-state index contributed by atoms with van der Waals surface area (Å²) in [6, 6.07) is 13.8. The van der Waals surface area contributed by atoms with Crippen molar-refractivity contribution in [3.05, 3.63) is 65.4 Å². The van der Waals surface area contributed by atoms with Gasteiger partial charge in [0, 0.05) is 11.3 Å². The highest BCUT2D eigenvalue weighted by molar-refractivity contribution is 6.16. The number of imide groups is 1. The molecule has 2 aromatic carbocycles. The van der Waals surface area contributed by atoms with E-state index >= 15 is 0 Å². The molecule has 0 aromatic heterocycles. The normalized spacial score (nSPS) is 14.9. The van der Waals surface area contributed by atoms with Gasteiger partial charge in [0.05, 0.1) is 6.61 Å². The number of hydrogen-bond acceptors (Lipinski definition) is 4. The van der Waals surface area contributed by atoms with E-state index in [4.69, 9.17) is 4.74 Å². The molecular formula is C21H21N3O4. The van der Waals surface area contributed by atoms with Gasteiger partial charge in [-0.15, -0.1) is 0 Å². The summed E-state index contributed by atoms with van der Waals surface area (Å²) in [7, 11) is 0. The Morgan fingerprint density at radius 1 is 1.14 bits per heavy atom. The Morgan fingerprint density at radius 3 is 2.57 bits per heavy atom. The molecule has 1 fully saturated rings. The number of benzene rings is 2. The van der Waals surface area contributed by atoms with E-state index in [0.29, 0.717) is 23.6 Å². The van der Waals surface area contributed by atoms with Crippen LogP contribution in [-0.2, 0) is 9.59 Å². The number of rotatable bonds is 6. The van der Waals surface area contributed by atoms with Crippen molar-refractivity contribution >= 4 is 29.6 Å². The molecule has 7 nitrogen and oxygen atoms in total. The third-order valence-corrected chi connectivity index (χ3v) is 4.12. The molecule has 0 aliphatic carbocycles. The average molecular weight is 379 g/mol. The van der Waals surface area contributed by atoms with Gasteiger partial charge < -0.3 is 15.4 Å². The van der Waals surface area contributed by atoms with E-state index in [0.717, 1.165) is 10.5 Å². The predicted octanol–water partition coefficient (Wildman–Crippen LogP) is 2.93. The highest BCUT2D eigenvalue weighted by atomic mass is 16.5. The fourth-order valence-corrected chi connectivity index (χ4v) is 2.74. The zero-order chi connectivity index (χ0) is 20.1. The first-order valence-electron chi connectivity index (χ1n) is 8.91. The molecule has 3 rings (SSSR count). The Labute approximate surface area is 163 Å². The lowest BCUT2D eigenvalue weighted by Gasteiger charge is -2.12. The summed E-state index contributed by atoms with van der Waals surface area (Å²) >= 11 is 0. The monoisotopic (exact) mass is 379 g/mol. The average Bonchev–Trinajstić information content (AvgIpc) is 2.93. The first kappa shape index (κ1) is 19.2. The minimum atomic E-state index is -0.635. The second-order valence-electron chi connectivity index (χ2n) is 6.26. The number of carbonyl (C=O) groups excluding carboxylic acids is 3. The number of ether oxygens (including phenoxy) is 1. The van der Waals surface area contributed by atoms with Crippen LogP contribution in [0.4, 0.5) is 10.5 Å². The summed E-state index contributed by atoms with van der Waals surface area (Å²) in [4.78, 5) is 37.8. The van der Waals surface area contributed by atoms with Gasteiger partial charge in [-0.05, 0) is 38.1 Å². The number of hydrogen-bond donors (Lipinski definition) is 2. The molecule has 0 atom stereocenters. The Bertz CT molecular complexity index is 935. The lowest BCUT2D eigenvalue weighted by molar-refractivity contribution is -0.127. The Balaban J connectivity index is 1.71. The maximum Gasteiger partial charge on any atom is 0.329 e. The number of para-hydroxylation sites is 1. The maximum atomic E-state index is 12.6. The molecular weight excluding hydrogens is 358 g/mol. The van der Waals surface area contributed by atoms with Crippen LogP contribution in [0, 0.1) is 6.92 Å². The number of nitrogens with zero attached hydrogens (tertiary/aromatic N) is 1. The number of urea groups is 1. The molecule has 4 amide bonds. The molecule has 0 bridgehead atoms. The van der Waals surface area contributed by atoms with Crippen LogP contribution in [0.15, 0.2) is 54.2 Å². The van der Waals surface area contributed by atoms with E-state index in [1.54, 1.807) is 30.3 Å². The van der Waals surface area contributed by atoms with Gasteiger partial charge in [-0.1, -0.05) is 35.9 Å². The van der Waals surface area contributed by atoms with E-state index in [9.17, 15) is 14.4 Å². The number of aryl methyl sites for hydroxylation is 1. The van der Waals surface area contributed by atoms with Gasteiger partial charge in [0.15, 0.2) is 0 Å². The minimum absolute atomic E-state index is 0.0975. The van der Waals surface area contributed by atoms with Crippen molar-refractivity contribution in [3.8, 4) is 5.75 Å². The second-order valence-corrected chi connectivity index (χ2v) is 6.26. The summed E-state index contributed by atoms with van der Waals surface area (Å²) in [5, 5.41) is 5.19. The van der Waals surface area contributed by atoms with Gasteiger partial charge in [-0.2, -0.15) is 0 Å². The smallest absolute Gasteiger partial charge is 0.329 e.